The van der Waals surface area contributed by atoms with E-state index >= 15 is 0 Å². The lowest BCUT2D eigenvalue weighted by Crippen LogP contribution is -2.26. The number of hydrogen-bond acceptors (Lipinski definition) is 5. The van der Waals surface area contributed by atoms with Gasteiger partial charge in [0.1, 0.15) is 11.3 Å². The molecule has 2 aromatic heterocycles. The van der Waals surface area contributed by atoms with Crippen LogP contribution in [0.25, 0.3) is 21.2 Å². The van der Waals surface area contributed by atoms with Crippen molar-refractivity contribution in [1.29, 1.82) is 0 Å². The number of benzene rings is 2. The van der Waals surface area contributed by atoms with Crippen LogP contribution >= 0.6 is 23.1 Å². The summed E-state index contributed by atoms with van der Waals surface area (Å²) in [7, 11) is 0. The van der Waals surface area contributed by atoms with Gasteiger partial charge in [-0.05, 0) is 31.2 Å². The Labute approximate surface area is 159 Å². The van der Waals surface area contributed by atoms with E-state index in [4.69, 9.17) is 4.42 Å². The molecule has 0 radical (unpaired) electrons. The van der Waals surface area contributed by atoms with Gasteiger partial charge in [0, 0.05) is 17.6 Å². The molecule has 26 heavy (non-hydrogen) atoms. The number of nitrogens with one attached hydrogen (secondary N) is 1. The summed E-state index contributed by atoms with van der Waals surface area (Å²) >= 11 is 3.29. The average molecular weight is 383 g/mol. The first kappa shape index (κ1) is 17.1. The van der Waals surface area contributed by atoms with Crippen molar-refractivity contribution in [2.24, 2.45) is 0 Å². The summed E-state index contributed by atoms with van der Waals surface area (Å²) in [5.41, 5.74) is 1.86. The maximum absolute atomic E-state index is 12.2. The molecule has 0 unspecified atom stereocenters. The van der Waals surface area contributed by atoms with Crippen LogP contribution in [0.4, 0.5) is 0 Å². The number of nitrogens with zero attached hydrogens (tertiary/aromatic N) is 1. The molecular weight excluding hydrogens is 364 g/mol. The van der Waals surface area contributed by atoms with Gasteiger partial charge >= 0.3 is 0 Å². The molecule has 1 N–H and O–H groups in total. The van der Waals surface area contributed by atoms with E-state index in [1.807, 2.05) is 55.5 Å². The van der Waals surface area contributed by atoms with Gasteiger partial charge in [-0.1, -0.05) is 42.1 Å². The summed E-state index contributed by atoms with van der Waals surface area (Å²) in [4.78, 5) is 16.8. The molecule has 4 aromatic rings. The van der Waals surface area contributed by atoms with Gasteiger partial charge in [0.25, 0.3) is 0 Å². The van der Waals surface area contributed by atoms with E-state index in [2.05, 4.69) is 16.4 Å². The van der Waals surface area contributed by atoms with Crippen molar-refractivity contribution in [3.05, 3.63) is 60.4 Å². The highest BCUT2D eigenvalue weighted by atomic mass is 32.2. The molecule has 4 nitrogen and oxygen atoms in total. The molecule has 0 aliphatic rings. The largest absolute Gasteiger partial charge is 0.459 e. The number of rotatable bonds is 6. The number of aromatic nitrogens is 1. The number of fused-ring (bicyclic) bond motifs is 2. The lowest BCUT2D eigenvalue weighted by Gasteiger charge is -2.10. The van der Waals surface area contributed by atoms with Crippen molar-refractivity contribution in [3.8, 4) is 0 Å². The molecule has 0 aliphatic heterocycles. The highest BCUT2D eigenvalue weighted by molar-refractivity contribution is 8.01. The third-order valence-electron chi connectivity index (χ3n) is 4.08. The third-order valence-corrected chi connectivity index (χ3v) is 6.26. The molecule has 1 atom stereocenters. The van der Waals surface area contributed by atoms with Crippen molar-refractivity contribution in [3.63, 3.8) is 0 Å². The maximum Gasteiger partial charge on any atom is 0.221 e. The van der Waals surface area contributed by atoms with Gasteiger partial charge in [0.05, 0.1) is 16.3 Å². The summed E-state index contributed by atoms with van der Waals surface area (Å²) < 4.78 is 7.99. The minimum Gasteiger partial charge on any atom is -0.459 e. The molecule has 0 bridgehead atoms. The van der Waals surface area contributed by atoms with E-state index in [9.17, 15) is 4.79 Å². The molecule has 4 rings (SSSR count). The highest BCUT2D eigenvalue weighted by Crippen LogP contribution is 2.29. The van der Waals surface area contributed by atoms with E-state index in [1.165, 1.54) is 4.70 Å². The molecule has 0 fully saturated rings. The molecule has 0 spiro atoms. The number of furan rings is 1. The van der Waals surface area contributed by atoms with Gasteiger partial charge in [-0.2, -0.15) is 0 Å². The number of hydrogen-bond donors (Lipinski definition) is 1. The van der Waals surface area contributed by atoms with Crippen LogP contribution in [0.2, 0.25) is 0 Å². The van der Waals surface area contributed by atoms with Crippen LogP contribution in [0.3, 0.4) is 0 Å². The van der Waals surface area contributed by atoms with Crippen LogP contribution < -0.4 is 5.32 Å². The van der Waals surface area contributed by atoms with Crippen LogP contribution in [0, 0.1) is 0 Å². The van der Waals surface area contributed by atoms with Crippen LogP contribution in [-0.4, -0.2) is 16.6 Å². The fourth-order valence-electron chi connectivity index (χ4n) is 2.74. The van der Waals surface area contributed by atoms with E-state index in [1.54, 1.807) is 23.1 Å². The maximum atomic E-state index is 12.2. The van der Waals surface area contributed by atoms with Crippen LogP contribution in [0.5, 0.6) is 0 Å². The monoisotopic (exact) mass is 382 g/mol. The Hall–Kier alpha value is -2.31. The predicted octanol–water partition coefficient (Wildman–Crippen LogP) is 5.40. The van der Waals surface area contributed by atoms with Crippen molar-refractivity contribution in [2.75, 3.05) is 5.75 Å². The van der Waals surface area contributed by atoms with E-state index < -0.39 is 0 Å². The molecule has 0 saturated heterocycles. The van der Waals surface area contributed by atoms with Crippen molar-refractivity contribution < 1.29 is 9.21 Å². The second kappa shape index (κ2) is 7.51. The number of carbonyl (C=O) groups excluding carboxylic acids is 1. The number of amides is 1. The number of carbonyl (C=O) groups is 1. The zero-order chi connectivity index (χ0) is 17.9. The third kappa shape index (κ3) is 3.76. The summed E-state index contributed by atoms with van der Waals surface area (Å²) in [6.07, 6.45) is 0.450. The second-order valence-electron chi connectivity index (χ2n) is 6.02. The Morgan fingerprint density at radius 3 is 2.88 bits per heavy atom. The molecule has 6 heteroatoms. The molecular formula is C20H18N2O2S2. The van der Waals surface area contributed by atoms with Crippen LogP contribution in [0.15, 0.2) is 63.4 Å². The summed E-state index contributed by atoms with van der Waals surface area (Å²) in [5.74, 6) is 1.50. The van der Waals surface area contributed by atoms with Crippen molar-refractivity contribution >= 4 is 50.2 Å². The minimum atomic E-state index is -0.151. The quantitative estimate of drug-likeness (QED) is 0.454. The summed E-state index contributed by atoms with van der Waals surface area (Å²) in [5, 5.41) is 4.06. The fourth-order valence-corrected chi connectivity index (χ4v) is 4.82. The normalized spacial score (nSPS) is 12.5. The van der Waals surface area contributed by atoms with Crippen molar-refractivity contribution in [2.45, 2.75) is 23.7 Å². The Morgan fingerprint density at radius 1 is 1.23 bits per heavy atom. The first-order valence-corrected chi connectivity index (χ1v) is 10.3. The van der Waals surface area contributed by atoms with Gasteiger partial charge in [0.2, 0.25) is 5.91 Å². The van der Waals surface area contributed by atoms with Crippen molar-refractivity contribution in [1.82, 2.24) is 10.3 Å². The zero-order valence-electron chi connectivity index (χ0n) is 14.3. The Bertz CT molecular complexity index is 988. The lowest BCUT2D eigenvalue weighted by atomic mass is 10.2. The molecule has 0 aliphatic carbocycles. The Morgan fingerprint density at radius 2 is 2.04 bits per heavy atom. The Balaban J connectivity index is 1.30. The number of thiazole rings is 1. The van der Waals surface area contributed by atoms with E-state index in [0.29, 0.717) is 12.2 Å². The molecule has 1 amide bonds. The minimum absolute atomic E-state index is 0.0200. The predicted molar refractivity (Wildman–Crippen MR) is 108 cm³/mol. The standard InChI is InChI=1S/C20H18N2O2S2/c1-13(17-12-14-6-2-4-8-16(14)24-17)21-19(23)10-11-25-20-22-15-7-3-5-9-18(15)26-20/h2-9,12-13H,10-11H2,1H3,(H,21,23)/t13-/m0/s1. The molecule has 2 aromatic carbocycles. The first-order chi connectivity index (χ1) is 12.7. The van der Waals surface area contributed by atoms with Crippen LogP contribution in [-0.2, 0) is 4.79 Å². The zero-order valence-corrected chi connectivity index (χ0v) is 15.9. The number of thioether (sulfide) groups is 1. The fraction of sp³-hybridized carbons (Fsp3) is 0.200. The summed E-state index contributed by atoms with van der Waals surface area (Å²) in [6.45, 7) is 1.94. The van der Waals surface area contributed by atoms with Gasteiger partial charge < -0.3 is 9.73 Å². The van der Waals surface area contributed by atoms with E-state index in [0.717, 1.165) is 26.6 Å². The smallest absolute Gasteiger partial charge is 0.221 e. The lowest BCUT2D eigenvalue weighted by molar-refractivity contribution is -0.121. The van der Waals surface area contributed by atoms with Gasteiger partial charge in [-0.25, -0.2) is 4.98 Å². The SMILES string of the molecule is C[C@H](NC(=O)CCSc1nc2ccccc2s1)c1cc2ccccc2o1. The molecule has 132 valence electrons. The highest BCUT2D eigenvalue weighted by Gasteiger charge is 2.14. The average Bonchev–Trinajstić information content (AvgIpc) is 3.25. The van der Waals surface area contributed by atoms with Gasteiger partial charge in [0.15, 0.2) is 4.34 Å². The second-order valence-corrected chi connectivity index (χ2v) is 8.39. The first-order valence-electron chi connectivity index (χ1n) is 8.45. The molecule has 0 saturated carbocycles. The van der Waals surface area contributed by atoms with Gasteiger partial charge in [-0.3, -0.25) is 4.79 Å². The topological polar surface area (TPSA) is 55.1 Å². The Kier molecular flexibility index (Phi) is 4.95. The number of para-hydroxylation sites is 2. The van der Waals surface area contributed by atoms with Gasteiger partial charge in [-0.15, -0.1) is 11.3 Å². The summed E-state index contributed by atoms with van der Waals surface area (Å²) in [6, 6.07) is 17.8. The molecule has 2 heterocycles. The van der Waals surface area contributed by atoms with Crippen LogP contribution in [0.1, 0.15) is 25.1 Å². The van der Waals surface area contributed by atoms with E-state index in [-0.39, 0.29) is 11.9 Å².